The zero-order chi connectivity index (χ0) is 26.4. The molecule has 188 valence electrons. The summed E-state index contributed by atoms with van der Waals surface area (Å²) < 4.78 is 11.6. The van der Waals surface area contributed by atoms with Crippen LogP contribution in [-0.4, -0.2) is 36.0 Å². The highest BCUT2D eigenvalue weighted by atomic mass is 32.1. The van der Waals surface area contributed by atoms with Gasteiger partial charge in [-0.15, -0.1) is 0 Å². The van der Waals surface area contributed by atoms with E-state index < -0.39 is 17.7 Å². The van der Waals surface area contributed by atoms with Crippen molar-refractivity contribution >= 4 is 44.1 Å². The first-order valence-corrected chi connectivity index (χ1v) is 12.5. The Morgan fingerprint density at radius 2 is 1.68 bits per heavy atom. The smallest absolute Gasteiger partial charge is 0.301 e. The number of hydrogen-bond acceptors (Lipinski definition) is 7. The van der Waals surface area contributed by atoms with Crippen LogP contribution < -0.4 is 14.4 Å². The molecule has 1 amide bonds. The Morgan fingerprint density at radius 3 is 2.32 bits per heavy atom. The number of aliphatic hydroxyl groups is 1. The van der Waals surface area contributed by atoms with Crippen LogP contribution in [0.3, 0.4) is 0 Å². The van der Waals surface area contributed by atoms with Gasteiger partial charge in [-0.3, -0.25) is 14.5 Å². The van der Waals surface area contributed by atoms with Crippen LogP contribution in [0.25, 0.3) is 16.0 Å². The van der Waals surface area contributed by atoms with Gasteiger partial charge in [0.05, 0.1) is 36.1 Å². The minimum absolute atomic E-state index is 0.00638. The quantitative estimate of drug-likeness (QED) is 0.204. The van der Waals surface area contributed by atoms with Crippen LogP contribution >= 0.6 is 11.3 Å². The molecule has 1 atom stereocenters. The predicted octanol–water partition coefficient (Wildman–Crippen LogP) is 5.87. The third kappa shape index (κ3) is 4.13. The SMILES string of the molecule is COc1ccc([C@H]2/C(=C(\O)c3ccc(OC)c(C)c3)C(=O)C(=O)N2c2nc3c(C)cc(C)cc3s2)cc1. The molecule has 0 radical (unpaired) electrons. The van der Waals surface area contributed by atoms with Crippen LogP contribution in [0.2, 0.25) is 0 Å². The summed E-state index contributed by atoms with van der Waals surface area (Å²) in [6.45, 7) is 5.83. The molecule has 2 heterocycles. The van der Waals surface area contributed by atoms with Crippen molar-refractivity contribution < 1.29 is 24.2 Å². The van der Waals surface area contributed by atoms with E-state index in [1.54, 1.807) is 56.7 Å². The number of aryl methyl sites for hydroxylation is 3. The highest BCUT2D eigenvalue weighted by Crippen LogP contribution is 2.45. The summed E-state index contributed by atoms with van der Waals surface area (Å²) in [5, 5.41) is 11.8. The minimum atomic E-state index is -0.865. The molecular weight excluding hydrogens is 488 g/mol. The number of methoxy groups -OCH3 is 2. The van der Waals surface area contributed by atoms with Crippen LogP contribution in [0, 0.1) is 20.8 Å². The monoisotopic (exact) mass is 514 g/mol. The maximum atomic E-state index is 13.5. The summed E-state index contributed by atoms with van der Waals surface area (Å²) in [7, 11) is 3.14. The van der Waals surface area contributed by atoms with Crippen LogP contribution in [0.5, 0.6) is 11.5 Å². The van der Waals surface area contributed by atoms with Gasteiger partial charge in [-0.05, 0) is 79.4 Å². The standard InChI is InChI=1S/C29H26N2O5S/c1-15-12-17(3)24-22(13-15)37-29(30-24)31-25(18-6-9-20(35-4)10-7-18)23(27(33)28(31)34)26(32)19-8-11-21(36-5)16(2)14-19/h6-14,25,32H,1-5H3/b26-23+/t25-/m0/s1. The van der Waals surface area contributed by atoms with Gasteiger partial charge in [-0.25, -0.2) is 4.98 Å². The van der Waals surface area contributed by atoms with Gasteiger partial charge in [0, 0.05) is 5.56 Å². The molecule has 1 aliphatic heterocycles. The normalized spacial score (nSPS) is 17.0. The molecule has 5 rings (SSSR count). The lowest BCUT2D eigenvalue weighted by atomic mass is 9.95. The van der Waals surface area contributed by atoms with Crippen LogP contribution in [0.4, 0.5) is 5.13 Å². The lowest BCUT2D eigenvalue weighted by Crippen LogP contribution is -2.29. The van der Waals surface area contributed by atoms with E-state index in [0.29, 0.717) is 27.8 Å². The number of anilines is 1. The van der Waals surface area contributed by atoms with Crippen molar-refractivity contribution in [2.24, 2.45) is 0 Å². The predicted molar refractivity (Wildman–Crippen MR) is 145 cm³/mol. The second-order valence-corrected chi connectivity index (χ2v) is 10.1. The third-order valence-corrected chi connectivity index (χ3v) is 7.57. The molecule has 8 heteroatoms. The number of ketones is 1. The van der Waals surface area contributed by atoms with Crippen LogP contribution in [-0.2, 0) is 9.59 Å². The number of fused-ring (bicyclic) bond motifs is 1. The second kappa shape index (κ2) is 9.37. The molecule has 0 unspecified atom stereocenters. The van der Waals surface area contributed by atoms with Gasteiger partial charge in [-0.1, -0.05) is 29.5 Å². The number of benzene rings is 3. The molecule has 37 heavy (non-hydrogen) atoms. The maximum absolute atomic E-state index is 13.5. The fraction of sp³-hybridized carbons (Fsp3) is 0.207. The number of Topliss-reactive ketones (excluding diaryl/α,β-unsaturated/α-hetero) is 1. The molecule has 1 saturated heterocycles. The van der Waals surface area contributed by atoms with E-state index in [9.17, 15) is 14.7 Å². The molecule has 0 spiro atoms. The van der Waals surface area contributed by atoms with E-state index in [1.807, 2.05) is 32.9 Å². The summed E-state index contributed by atoms with van der Waals surface area (Å²) >= 11 is 1.35. The first-order valence-electron chi connectivity index (χ1n) is 11.7. The number of aromatic nitrogens is 1. The van der Waals surface area contributed by atoms with Gasteiger partial charge >= 0.3 is 5.91 Å². The first-order chi connectivity index (χ1) is 17.7. The van der Waals surface area contributed by atoms with Crippen molar-refractivity contribution in [3.05, 3.63) is 88.0 Å². The number of carbonyl (C=O) groups excluding carboxylic acids is 2. The van der Waals surface area contributed by atoms with Crippen molar-refractivity contribution in [3.8, 4) is 11.5 Å². The molecule has 1 aliphatic rings. The van der Waals surface area contributed by atoms with Gasteiger partial charge in [0.1, 0.15) is 17.3 Å². The number of carbonyl (C=O) groups is 2. The molecule has 0 bridgehead atoms. The van der Waals surface area contributed by atoms with Gasteiger partial charge in [0.15, 0.2) is 5.13 Å². The average molecular weight is 515 g/mol. The number of ether oxygens (including phenoxy) is 2. The van der Waals surface area contributed by atoms with E-state index in [4.69, 9.17) is 14.5 Å². The van der Waals surface area contributed by atoms with Crippen LogP contribution in [0.1, 0.15) is 33.9 Å². The molecule has 0 aliphatic carbocycles. The summed E-state index contributed by atoms with van der Waals surface area (Å²) in [5.41, 5.74) is 4.73. The van der Waals surface area contributed by atoms with Crippen molar-refractivity contribution in [1.82, 2.24) is 4.98 Å². The largest absolute Gasteiger partial charge is 0.507 e. The van der Waals surface area contributed by atoms with Crippen molar-refractivity contribution in [2.45, 2.75) is 26.8 Å². The fourth-order valence-electron chi connectivity index (χ4n) is 4.77. The topological polar surface area (TPSA) is 89.0 Å². The molecule has 3 aromatic carbocycles. The molecule has 4 aromatic rings. The van der Waals surface area contributed by atoms with Gasteiger partial charge in [-0.2, -0.15) is 0 Å². The molecular formula is C29H26N2O5S. The Balaban J connectivity index is 1.73. The molecule has 0 saturated carbocycles. The minimum Gasteiger partial charge on any atom is -0.507 e. The number of amides is 1. The van der Waals surface area contributed by atoms with E-state index >= 15 is 0 Å². The summed E-state index contributed by atoms with van der Waals surface area (Å²) in [5.74, 6) is -0.457. The fourth-order valence-corrected chi connectivity index (χ4v) is 5.94. The van der Waals surface area contributed by atoms with Crippen molar-refractivity contribution in [3.63, 3.8) is 0 Å². The van der Waals surface area contributed by atoms with Gasteiger partial charge in [0.25, 0.3) is 5.78 Å². The van der Waals surface area contributed by atoms with Crippen molar-refractivity contribution in [1.29, 1.82) is 0 Å². The highest BCUT2D eigenvalue weighted by molar-refractivity contribution is 7.22. The van der Waals surface area contributed by atoms with E-state index in [-0.39, 0.29) is 11.3 Å². The van der Waals surface area contributed by atoms with Crippen LogP contribution in [0.15, 0.2) is 60.2 Å². The lowest BCUT2D eigenvalue weighted by Gasteiger charge is -2.23. The lowest BCUT2D eigenvalue weighted by molar-refractivity contribution is -0.132. The number of nitrogens with zero attached hydrogens (tertiary/aromatic N) is 2. The van der Waals surface area contributed by atoms with Crippen molar-refractivity contribution in [2.75, 3.05) is 19.1 Å². The Kier molecular flexibility index (Phi) is 6.21. The summed E-state index contributed by atoms with van der Waals surface area (Å²) in [6, 6.07) is 15.4. The van der Waals surface area contributed by atoms with E-state index in [1.165, 1.54) is 16.2 Å². The van der Waals surface area contributed by atoms with Gasteiger partial charge < -0.3 is 14.6 Å². The third-order valence-electron chi connectivity index (χ3n) is 6.57. The second-order valence-electron chi connectivity index (χ2n) is 9.05. The Hall–Kier alpha value is -4.17. The Labute approximate surface area is 218 Å². The van der Waals surface area contributed by atoms with E-state index in [2.05, 4.69) is 0 Å². The maximum Gasteiger partial charge on any atom is 0.301 e. The highest BCUT2D eigenvalue weighted by Gasteiger charge is 2.48. The molecule has 1 fully saturated rings. The zero-order valence-corrected chi connectivity index (χ0v) is 22.0. The number of rotatable bonds is 5. The first kappa shape index (κ1) is 24.5. The van der Waals surface area contributed by atoms with Gasteiger partial charge in [0.2, 0.25) is 0 Å². The average Bonchev–Trinajstić information content (AvgIpc) is 3.42. The number of thiazole rings is 1. The number of hydrogen-bond donors (Lipinski definition) is 1. The summed E-state index contributed by atoms with van der Waals surface area (Å²) in [6.07, 6.45) is 0. The molecule has 7 nitrogen and oxygen atoms in total. The zero-order valence-electron chi connectivity index (χ0n) is 21.2. The number of aliphatic hydroxyl groups excluding tert-OH is 1. The van der Waals surface area contributed by atoms with E-state index in [0.717, 1.165) is 26.9 Å². The Morgan fingerprint density at radius 1 is 0.946 bits per heavy atom. The summed E-state index contributed by atoms with van der Waals surface area (Å²) in [4.78, 5) is 33.1. The molecule has 1 aromatic heterocycles. The molecule has 1 N–H and O–H groups in total. The Bertz CT molecular complexity index is 1590.